The van der Waals surface area contributed by atoms with Gasteiger partial charge in [0.05, 0.1) is 10.7 Å². The Hall–Kier alpha value is -1.00. The lowest BCUT2D eigenvalue weighted by Gasteiger charge is -2.05. The molecule has 0 atom stereocenters. The second kappa shape index (κ2) is 4.13. The molecular formula is C7H8ClFN2O. The summed E-state index contributed by atoms with van der Waals surface area (Å²) < 4.78 is 16.3. The standard InChI is InChI=1S/C7H8ClFN2O/c8-6-2-1-5(12-4-9)3-7(6)11-10/h1-3,11H,4,10H2. The number of hydrogen-bond donors (Lipinski definition) is 2. The Bertz CT molecular complexity index is 270. The van der Waals surface area contributed by atoms with Crippen LogP contribution in [0.1, 0.15) is 0 Å². The molecule has 0 radical (unpaired) electrons. The lowest BCUT2D eigenvalue weighted by Crippen LogP contribution is -2.07. The third-order valence-electron chi connectivity index (χ3n) is 1.31. The maximum Gasteiger partial charge on any atom is 0.228 e. The van der Waals surface area contributed by atoms with Gasteiger partial charge in [-0.05, 0) is 12.1 Å². The van der Waals surface area contributed by atoms with Gasteiger partial charge in [-0.3, -0.25) is 5.84 Å². The van der Waals surface area contributed by atoms with Gasteiger partial charge in [0.25, 0.3) is 0 Å². The SMILES string of the molecule is NNc1cc(OCF)ccc1Cl. The largest absolute Gasteiger partial charge is 0.463 e. The number of alkyl halides is 1. The number of nitrogens with two attached hydrogens (primary N) is 1. The molecule has 0 saturated carbocycles. The molecule has 1 aromatic carbocycles. The fourth-order valence-corrected chi connectivity index (χ4v) is 0.940. The molecule has 0 amide bonds. The third-order valence-corrected chi connectivity index (χ3v) is 1.64. The average molecular weight is 191 g/mol. The fourth-order valence-electron chi connectivity index (χ4n) is 0.768. The van der Waals surface area contributed by atoms with Crippen LogP contribution < -0.4 is 16.0 Å². The lowest BCUT2D eigenvalue weighted by molar-refractivity contribution is 0.192. The quantitative estimate of drug-likeness (QED) is 0.566. The summed E-state index contributed by atoms with van der Waals surface area (Å²) in [5.41, 5.74) is 2.86. The highest BCUT2D eigenvalue weighted by Gasteiger charge is 2.00. The number of anilines is 1. The lowest BCUT2D eigenvalue weighted by atomic mass is 10.3. The second-order valence-corrected chi connectivity index (χ2v) is 2.45. The van der Waals surface area contributed by atoms with E-state index in [2.05, 4.69) is 10.2 Å². The van der Waals surface area contributed by atoms with Crippen molar-refractivity contribution in [3.05, 3.63) is 23.2 Å². The Balaban J connectivity index is 2.89. The first-order valence-electron chi connectivity index (χ1n) is 3.23. The number of hydrogen-bond acceptors (Lipinski definition) is 3. The number of nitrogens with one attached hydrogen (secondary N) is 1. The summed E-state index contributed by atoms with van der Waals surface area (Å²) in [6.07, 6.45) is 0. The zero-order chi connectivity index (χ0) is 8.97. The number of rotatable bonds is 3. The van der Waals surface area contributed by atoms with Crippen LogP contribution in [0, 0.1) is 0 Å². The highest BCUT2D eigenvalue weighted by Crippen LogP contribution is 2.25. The van der Waals surface area contributed by atoms with Crippen LogP contribution in [0.2, 0.25) is 5.02 Å². The van der Waals surface area contributed by atoms with Crippen LogP contribution in [0.4, 0.5) is 10.1 Å². The van der Waals surface area contributed by atoms with Gasteiger partial charge >= 0.3 is 0 Å². The molecule has 1 aromatic rings. The van der Waals surface area contributed by atoms with E-state index in [-0.39, 0.29) is 0 Å². The maximum absolute atomic E-state index is 11.7. The minimum Gasteiger partial charge on any atom is -0.463 e. The average Bonchev–Trinajstić information content (AvgIpc) is 2.09. The van der Waals surface area contributed by atoms with Crippen molar-refractivity contribution >= 4 is 17.3 Å². The van der Waals surface area contributed by atoms with E-state index < -0.39 is 6.86 Å². The van der Waals surface area contributed by atoms with Crippen molar-refractivity contribution in [1.82, 2.24) is 0 Å². The van der Waals surface area contributed by atoms with Crippen LogP contribution in [-0.2, 0) is 0 Å². The monoisotopic (exact) mass is 190 g/mol. The molecule has 0 spiro atoms. The molecule has 1 rings (SSSR count). The van der Waals surface area contributed by atoms with Crippen LogP contribution in [0.15, 0.2) is 18.2 Å². The van der Waals surface area contributed by atoms with E-state index in [1.807, 2.05) is 0 Å². The van der Waals surface area contributed by atoms with E-state index >= 15 is 0 Å². The van der Waals surface area contributed by atoms with Crippen molar-refractivity contribution in [2.75, 3.05) is 12.3 Å². The molecule has 0 aliphatic carbocycles. The molecule has 0 heterocycles. The van der Waals surface area contributed by atoms with Crippen LogP contribution in [0.3, 0.4) is 0 Å². The van der Waals surface area contributed by atoms with Crippen LogP contribution in [-0.4, -0.2) is 6.86 Å². The van der Waals surface area contributed by atoms with Gasteiger partial charge in [0.1, 0.15) is 5.75 Å². The molecule has 0 bridgehead atoms. The van der Waals surface area contributed by atoms with Gasteiger partial charge in [0.15, 0.2) is 0 Å². The molecule has 66 valence electrons. The van der Waals surface area contributed by atoms with E-state index in [0.717, 1.165) is 0 Å². The molecule has 0 saturated heterocycles. The van der Waals surface area contributed by atoms with Gasteiger partial charge in [-0.25, -0.2) is 4.39 Å². The van der Waals surface area contributed by atoms with Crippen LogP contribution >= 0.6 is 11.6 Å². The topological polar surface area (TPSA) is 47.3 Å². The third kappa shape index (κ3) is 1.99. The zero-order valence-electron chi connectivity index (χ0n) is 6.18. The number of benzene rings is 1. The van der Waals surface area contributed by atoms with Crippen molar-refractivity contribution in [2.45, 2.75) is 0 Å². The summed E-state index contributed by atoms with van der Waals surface area (Å²) in [5.74, 6) is 5.52. The van der Waals surface area contributed by atoms with E-state index in [1.165, 1.54) is 6.07 Å². The number of nitrogen functional groups attached to an aromatic ring is 1. The smallest absolute Gasteiger partial charge is 0.228 e. The Kier molecular flexibility index (Phi) is 3.13. The Morgan fingerprint density at radius 3 is 2.92 bits per heavy atom. The first-order chi connectivity index (χ1) is 5.77. The van der Waals surface area contributed by atoms with Crippen molar-refractivity contribution in [3.8, 4) is 5.75 Å². The molecule has 3 N–H and O–H groups in total. The minimum absolute atomic E-state index is 0.384. The number of halogens is 2. The van der Waals surface area contributed by atoms with Crippen molar-refractivity contribution in [1.29, 1.82) is 0 Å². The van der Waals surface area contributed by atoms with Crippen LogP contribution in [0.5, 0.6) is 5.75 Å². The first-order valence-corrected chi connectivity index (χ1v) is 3.60. The van der Waals surface area contributed by atoms with Crippen molar-refractivity contribution < 1.29 is 9.13 Å². The highest BCUT2D eigenvalue weighted by molar-refractivity contribution is 6.33. The molecule has 3 nitrogen and oxygen atoms in total. The highest BCUT2D eigenvalue weighted by atomic mass is 35.5. The van der Waals surface area contributed by atoms with Gasteiger partial charge in [-0.2, -0.15) is 0 Å². The van der Waals surface area contributed by atoms with Gasteiger partial charge in [-0.1, -0.05) is 11.6 Å². The molecule has 0 unspecified atom stereocenters. The van der Waals surface area contributed by atoms with E-state index in [1.54, 1.807) is 12.1 Å². The summed E-state index contributed by atoms with van der Waals surface area (Å²) in [6.45, 7) is -0.869. The Labute approximate surface area is 74.2 Å². The number of hydrazine groups is 1. The van der Waals surface area contributed by atoms with Gasteiger partial charge in [0, 0.05) is 6.07 Å². The molecule has 5 heteroatoms. The summed E-state index contributed by atoms with van der Waals surface area (Å²) >= 11 is 5.70. The normalized spacial score (nSPS) is 9.58. The molecule has 0 aliphatic rings. The predicted octanol–water partition coefficient (Wildman–Crippen LogP) is 1.93. The van der Waals surface area contributed by atoms with Gasteiger partial charge in [0.2, 0.25) is 6.86 Å². The minimum atomic E-state index is -0.869. The molecule has 0 aliphatic heterocycles. The first kappa shape index (κ1) is 9.09. The molecule has 12 heavy (non-hydrogen) atoms. The van der Waals surface area contributed by atoms with Crippen molar-refractivity contribution in [2.24, 2.45) is 5.84 Å². The number of ether oxygens (including phenoxy) is 1. The summed E-state index contributed by atoms with van der Waals surface area (Å²) in [5, 5.41) is 0.462. The predicted molar refractivity (Wildman–Crippen MR) is 45.9 cm³/mol. The Morgan fingerprint density at radius 2 is 2.33 bits per heavy atom. The molecule has 0 fully saturated rings. The summed E-state index contributed by atoms with van der Waals surface area (Å²) in [7, 11) is 0. The summed E-state index contributed by atoms with van der Waals surface area (Å²) in [6, 6.07) is 4.65. The van der Waals surface area contributed by atoms with Gasteiger partial charge in [-0.15, -0.1) is 0 Å². The Morgan fingerprint density at radius 1 is 1.58 bits per heavy atom. The summed E-state index contributed by atoms with van der Waals surface area (Å²) in [4.78, 5) is 0. The molecular weight excluding hydrogens is 183 g/mol. The van der Waals surface area contributed by atoms with E-state index in [4.69, 9.17) is 17.4 Å². The van der Waals surface area contributed by atoms with E-state index in [0.29, 0.717) is 16.5 Å². The molecule has 0 aromatic heterocycles. The van der Waals surface area contributed by atoms with E-state index in [9.17, 15) is 4.39 Å². The van der Waals surface area contributed by atoms with Gasteiger partial charge < -0.3 is 10.2 Å². The van der Waals surface area contributed by atoms with Crippen molar-refractivity contribution in [3.63, 3.8) is 0 Å². The zero-order valence-corrected chi connectivity index (χ0v) is 6.94. The second-order valence-electron chi connectivity index (χ2n) is 2.04. The fraction of sp³-hybridized carbons (Fsp3) is 0.143. The van der Waals surface area contributed by atoms with Crippen LogP contribution in [0.25, 0.3) is 0 Å². The maximum atomic E-state index is 11.7.